The number of urea groups is 1. The summed E-state index contributed by atoms with van der Waals surface area (Å²) in [5.41, 5.74) is -1.03. The number of carbonyl (C=O) groups is 4. The third kappa shape index (κ3) is 3.33. The van der Waals surface area contributed by atoms with Crippen molar-refractivity contribution < 1.29 is 19.2 Å². The number of carbonyl (C=O) groups excluding carboxylic acids is 4. The summed E-state index contributed by atoms with van der Waals surface area (Å²) in [7, 11) is 0. The first-order valence-corrected chi connectivity index (χ1v) is 8.71. The standard InChI is InChI=1S/C16H25N5O4/c1-16(2)14(24)18-15(25)21(16)10-13(23)19-6-3-4-11(9-19)20-7-5-17-8-12(20)22/h11,17H,3-10H2,1-2H3,(H,18,24,25). The number of piperazine rings is 1. The summed E-state index contributed by atoms with van der Waals surface area (Å²) < 4.78 is 0. The van der Waals surface area contributed by atoms with Gasteiger partial charge in [-0.3, -0.25) is 19.7 Å². The van der Waals surface area contributed by atoms with Crippen LogP contribution in [-0.2, 0) is 14.4 Å². The van der Waals surface area contributed by atoms with Crippen LogP contribution in [0.5, 0.6) is 0 Å². The maximum absolute atomic E-state index is 12.7. The third-order valence-corrected chi connectivity index (χ3v) is 5.31. The van der Waals surface area contributed by atoms with E-state index in [0.717, 1.165) is 19.4 Å². The third-order valence-electron chi connectivity index (χ3n) is 5.31. The first kappa shape index (κ1) is 17.7. The van der Waals surface area contributed by atoms with Crippen LogP contribution in [0, 0.1) is 0 Å². The second-order valence-electron chi connectivity index (χ2n) is 7.30. The van der Waals surface area contributed by atoms with E-state index in [1.54, 1.807) is 18.7 Å². The molecular formula is C16H25N5O4. The Kier molecular flexibility index (Phi) is 4.68. The van der Waals surface area contributed by atoms with E-state index in [-0.39, 0.29) is 24.4 Å². The molecular weight excluding hydrogens is 326 g/mol. The first-order chi connectivity index (χ1) is 11.8. The molecule has 3 aliphatic rings. The van der Waals surface area contributed by atoms with E-state index in [4.69, 9.17) is 0 Å². The van der Waals surface area contributed by atoms with Crippen LogP contribution in [0.25, 0.3) is 0 Å². The van der Waals surface area contributed by atoms with Gasteiger partial charge in [-0.25, -0.2) is 4.79 Å². The van der Waals surface area contributed by atoms with Gasteiger partial charge < -0.3 is 20.0 Å². The molecule has 0 saturated carbocycles. The van der Waals surface area contributed by atoms with E-state index in [9.17, 15) is 19.2 Å². The van der Waals surface area contributed by atoms with Crippen molar-refractivity contribution in [1.29, 1.82) is 0 Å². The fraction of sp³-hybridized carbons (Fsp3) is 0.750. The fourth-order valence-corrected chi connectivity index (χ4v) is 3.64. The smallest absolute Gasteiger partial charge is 0.325 e. The molecule has 2 N–H and O–H groups in total. The van der Waals surface area contributed by atoms with Crippen LogP contribution >= 0.6 is 0 Å². The van der Waals surface area contributed by atoms with Crippen molar-refractivity contribution in [3.05, 3.63) is 0 Å². The normalized spacial score (nSPS) is 26.9. The maximum Gasteiger partial charge on any atom is 0.325 e. The highest BCUT2D eigenvalue weighted by Gasteiger charge is 2.46. The van der Waals surface area contributed by atoms with Crippen molar-refractivity contribution in [3.63, 3.8) is 0 Å². The Hall–Kier alpha value is -2.16. The Morgan fingerprint density at radius 1 is 1.24 bits per heavy atom. The average molecular weight is 351 g/mol. The van der Waals surface area contributed by atoms with E-state index in [2.05, 4.69) is 10.6 Å². The van der Waals surface area contributed by atoms with Gasteiger partial charge in [-0.1, -0.05) is 0 Å². The van der Waals surface area contributed by atoms with Gasteiger partial charge in [-0.15, -0.1) is 0 Å². The lowest BCUT2D eigenvalue weighted by Crippen LogP contribution is -2.58. The van der Waals surface area contributed by atoms with Crippen LogP contribution in [0.3, 0.4) is 0 Å². The largest absolute Gasteiger partial charge is 0.339 e. The zero-order valence-electron chi connectivity index (χ0n) is 14.7. The summed E-state index contributed by atoms with van der Waals surface area (Å²) in [6, 6.07) is -0.511. The number of likely N-dealkylation sites (tertiary alicyclic amines) is 1. The Morgan fingerprint density at radius 2 is 2.00 bits per heavy atom. The molecule has 3 fully saturated rings. The quantitative estimate of drug-likeness (QED) is 0.618. The molecule has 3 rings (SSSR count). The topological polar surface area (TPSA) is 102 Å². The van der Waals surface area contributed by atoms with Gasteiger partial charge >= 0.3 is 6.03 Å². The zero-order valence-corrected chi connectivity index (χ0v) is 14.7. The highest BCUT2D eigenvalue weighted by molar-refractivity contribution is 6.07. The summed E-state index contributed by atoms with van der Waals surface area (Å²) in [4.78, 5) is 53.3. The lowest BCUT2D eigenvalue weighted by molar-refractivity contribution is -0.141. The van der Waals surface area contributed by atoms with Gasteiger partial charge in [0.2, 0.25) is 11.8 Å². The van der Waals surface area contributed by atoms with Gasteiger partial charge in [0.1, 0.15) is 12.1 Å². The molecule has 0 spiro atoms. The van der Waals surface area contributed by atoms with Gasteiger partial charge in [0.05, 0.1) is 6.54 Å². The summed E-state index contributed by atoms with van der Waals surface area (Å²) >= 11 is 0. The molecule has 0 aromatic carbocycles. The molecule has 3 aliphatic heterocycles. The highest BCUT2D eigenvalue weighted by atomic mass is 16.2. The molecule has 0 radical (unpaired) electrons. The Morgan fingerprint density at radius 3 is 2.64 bits per heavy atom. The number of nitrogens with one attached hydrogen (secondary N) is 2. The second-order valence-corrected chi connectivity index (χ2v) is 7.30. The van der Waals surface area contributed by atoms with E-state index in [0.29, 0.717) is 26.2 Å². The van der Waals surface area contributed by atoms with Crippen molar-refractivity contribution in [1.82, 2.24) is 25.3 Å². The molecule has 0 aromatic heterocycles. The minimum absolute atomic E-state index is 0.0225. The van der Waals surface area contributed by atoms with Crippen LogP contribution < -0.4 is 10.6 Å². The minimum atomic E-state index is -1.03. The number of rotatable bonds is 3. The van der Waals surface area contributed by atoms with Crippen molar-refractivity contribution in [2.24, 2.45) is 0 Å². The van der Waals surface area contributed by atoms with Gasteiger partial charge in [0.15, 0.2) is 0 Å². The summed E-state index contributed by atoms with van der Waals surface area (Å²) in [5, 5.41) is 5.30. The average Bonchev–Trinajstić information content (AvgIpc) is 2.77. The van der Waals surface area contributed by atoms with Gasteiger partial charge in [0, 0.05) is 32.2 Å². The number of piperidine rings is 1. The summed E-state index contributed by atoms with van der Waals surface area (Å²) in [5.74, 6) is -0.519. The number of imide groups is 1. The molecule has 0 aromatic rings. The Balaban J connectivity index is 1.63. The molecule has 25 heavy (non-hydrogen) atoms. The van der Waals surface area contributed by atoms with Crippen molar-refractivity contribution in [3.8, 4) is 0 Å². The summed E-state index contributed by atoms with van der Waals surface area (Å²) in [6.45, 7) is 5.97. The van der Waals surface area contributed by atoms with Gasteiger partial charge in [0.25, 0.3) is 5.91 Å². The predicted octanol–water partition coefficient (Wildman–Crippen LogP) is -1.26. The molecule has 1 atom stereocenters. The highest BCUT2D eigenvalue weighted by Crippen LogP contribution is 2.22. The SMILES string of the molecule is CC1(C)C(=O)NC(=O)N1CC(=O)N1CCCC(N2CCNCC2=O)C1. The molecule has 3 heterocycles. The molecule has 1 unspecified atom stereocenters. The van der Waals surface area contributed by atoms with Crippen molar-refractivity contribution in [2.75, 3.05) is 39.3 Å². The molecule has 0 aliphatic carbocycles. The molecule has 3 saturated heterocycles. The summed E-state index contributed by atoms with van der Waals surface area (Å²) in [6.07, 6.45) is 1.70. The van der Waals surface area contributed by atoms with Crippen LogP contribution in [0.15, 0.2) is 0 Å². The fourth-order valence-electron chi connectivity index (χ4n) is 3.64. The van der Waals surface area contributed by atoms with E-state index >= 15 is 0 Å². The van der Waals surface area contributed by atoms with Crippen molar-refractivity contribution >= 4 is 23.8 Å². The number of amides is 5. The molecule has 0 bridgehead atoms. The second kappa shape index (κ2) is 6.62. The first-order valence-electron chi connectivity index (χ1n) is 8.71. The minimum Gasteiger partial charge on any atom is -0.339 e. The molecule has 9 nitrogen and oxygen atoms in total. The van der Waals surface area contributed by atoms with Gasteiger partial charge in [-0.2, -0.15) is 0 Å². The van der Waals surface area contributed by atoms with E-state index in [1.165, 1.54) is 4.90 Å². The van der Waals surface area contributed by atoms with Crippen LogP contribution in [0.1, 0.15) is 26.7 Å². The molecule has 138 valence electrons. The van der Waals surface area contributed by atoms with Crippen LogP contribution in [0.2, 0.25) is 0 Å². The predicted molar refractivity (Wildman–Crippen MR) is 88.5 cm³/mol. The number of nitrogens with zero attached hydrogens (tertiary/aromatic N) is 3. The number of hydrogen-bond donors (Lipinski definition) is 2. The van der Waals surface area contributed by atoms with Crippen molar-refractivity contribution in [2.45, 2.75) is 38.3 Å². The lowest BCUT2D eigenvalue weighted by Gasteiger charge is -2.41. The lowest BCUT2D eigenvalue weighted by atomic mass is 10.0. The molecule has 5 amide bonds. The van der Waals surface area contributed by atoms with Crippen LogP contribution in [-0.4, -0.2) is 89.3 Å². The van der Waals surface area contributed by atoms with E-state index in [1.807, 2.05) is 4.90 Å². The van der Waals surface area contributed by atoms with Crippen LogP contribution in [0.4, 0.5) is 4.79 Å². The maximum atomic E-state index is 12.7. The van der Waals surface area contributed by atoms with E-state index < -0.39 is 17.5 Å². The molecule has 9 heteroatoms. The Labute approximate surface area is 146 Å². The Bertz CT molecular complexity index is 605. The van der Waals surface area contributed by atoms with Gasteiger partial charge in [-0.05, 0) is 26.7 Å². The number of hydrogen-bond acceptors (Lipinski definition) is 5. The zero-order chi connectivity index (χ0) is 18.2. The monoisotopic (exact) mass is 351 g/mol.